The molecule has 2 amide bonds. The first-order valence-corrected chi connectivity index (χ1v) is 5.68. The molecule has 1 rings (SSSR count). The molecular weight excluding hydrogens is 226 g/mol. The van der Waals surface area contributed by atoms with Gasteiger partial charge in [-0.25, -0.2) is 5.84 Å². The van der Waals surface area contributed by atoms with Gasteiger partial charge in [0.15, 0.2) is 0 Å². The third-order valence-electron chi connectivity index (χ3n) is 2.22. The van der Waals surface area contributed by atoms with Crippen molar-refractivity contribution in [2.24, 2.45) is 5.84 Å². The van der Waals surface area contributed by atoms with Gasteiger partial charge in [-0.1, -0.05) is 19.9 Å². The van der Waals surface area contributed by atoms with Crippen molar-refractivity contribution in [3.63, 3.8) is 0 Å². The summed E-state index contributed by atoms with van der Waals surface area (Å²) in [6.07, 6.45) is 0. The molecule has 0 spiro atoms. The van der Waals surface area contributed by atoms with E-state index in [2.05, 4.69) is 5.32 Å². The highest BCUT2D eigenvalue weighted by Gasteiger charge is 2.23. The minimum absolute atomic E-state index is 0.196. The molecular formula is C10H15N3O2S. The van der Waals surface area contributed by atoms with E-state index in [9.17, 15) is 9.59 Å². The van der Waals surface area contributed by atoms with Gasteiger partial charge >= 0.3 is 11.8 Å². The highest BCUT2D eigenvalue weighted by atomic mass is 32.1. The van der Waals surface area contributed by atoms with Gasteiger partial charge in [-0.2, -0.15) is 0 Å². The number of amides is 2. The molecule has 0 bridgehead atoms. The number of nitrogens with two attached hydrogens (primary N) is 1. The van der Waals surface area contributed by atoms with Crippen LogP contribution in [0.25, 0.3) is 0 Å². The summed E-state index contributed by atoms with van der Waals surface area (Å²) in [5.74, 6) is 3.30. The molecule has 0 aliphatic rings. The first kappa shape index (κ1) is 12.7. The van der Waals surface area contributed by atoms with E-state index in [1.165, 1.54) is 0 Å². The normalized spacial score (nSPS) is 10.9. The van der Waals surface area contributed by atoms with Crippen LogP contribution in [0, 0.1) is 0 Å². The Morgan fingerprint density at radius 3 is 2.62 bits per heavy atom. The Balaban J connectivity index is 2.55. The van der Waals surface area contributed by atoms with Crippen molar-refractivity contribution in [2.75, 3.05) is 6.54 Å². The number of hydrogen-bond acceptors (Lipinski definition) is 4. The monoisotopic (exact) mass is 241 g/mol. The van der Waals surface area contributed by atoms with Crippen LogP contribution in [-0.4, -0.2) is 18.4 Å². The Labute approximate surface area is 98.0 Å². The molecule has 16 heavy (non-hydrogen) atoms. The van der Waals surface area contributed by atoms with E-state index in [1.54, 1.807) is 16.8 Å². The number of carbonyl (C=O) groups is 2. The standard InChI is InChI=1S/C10H15N3O2S/c1-10(2,7-4-3-5-16-7)6-12-8(14)9(15)13-11/h3-5H,6,11H2,1-2H3,(H,12,14)(H,13,15). The van der Waals surface area contributed by atoms with Gasteiger partial charge in [0.2, 0.25) is 0 Å². The quantitative estimate of drug-likeness (QED) is 0.304. The molecule has 0 aromatic carbocycles. The number of hydrazine groups is 1. The van der Waals surface area contributed by atoms with Gasteiger partial charge in [0.1, 0.15) is 0 Å². The fraction of sp³-hybridized carbons (Fsp3) is 0.400. The average Bonchev–Trinajstić information content (AvgIpc) is 2.78. The van der Waals surface area contributed by atoms with Crippen LogP contribution in [0.15, 0.2) is 17.5 Å². The van der Waals surface area contributed by atoms with E-state index in [1.807, 2.05) is 31.4 Å². The molecule has 4 N–H and O–H groups in total. The third kappa shape index (κ3) is 3.04. The predicted molar refractivity (Wildman–Crippen MR) is 62.7 cm³/mol. The van der Waals surface area contributed by atoms with E-state index in [-0.39, 0.29) is 5.41 Å². The molecule has 0 saturated carbocycles. The molecule has 0 aliphatic carbocycles. The fourth-order valence-corrected chi connectivity index (χ4v) is 2.05. The van der Waals surface area contributed by atoms with Crippen LogP contribution in [-0.2, 0) is 15.0 Å². The zero-order valence-corrected chi connectivity index (χ0v) is 10.1. The van der Waals surface area contributed by atoms with Crippen LogP contribution in [0.2, 0.25) is 0 Å². The first-order chi connectivity index (χ1) is 7.47. The SMILES string of the molecule is CC(C)(CNC(=O)C(=O)NN)c1cccs1. The molecule has 0 atom stereocenters. The summed E-state index contributed by atoms with van der Waals surface area (Å²) in [7, 11) is 0. The van der Waals surface area contributed by atoms with E-state index in [0.29, 0.717) is 6.54 Å². The van der Waals surface area contributed by atoms with E-state index in [0.717, 1.165) is 4.88 Å². The third-order valence-corrected chi connectivity index (χ3v) is 3.45. The van der Waals surface area contributed by atoms with Gasteiger partial charge in [0.25, 0.3) is 0 Å². The van der Waals surface area contributed by atoms with Crippen LogP contribution in [0.1, 0.15) is 18.7 Å². The summed E-state index contributed by atoms with van der Waals surface area (Å²) in [6.45, 7) is 4.39. The first-order valence-electron chi connectivity index (χ1n) is 4.80. The smallest absolute Gasteiger partial charge is 0.323 e. The molecule has 0 fully saturated rings. The largest absolute Gasteiger partial charge is 0.347 e. The lowest BCUT2D eigenvalue weighted by atomic mass is 9.91. The summed E-state index contributed by atoms with van der Waals surface area (Å²) in [4.78, 5) is 23.2. The Bertz CT molecular complexity index is 373. The maximum atomic E-state index is 11.2. The van der Waals surface area contributed by atoms with Gasteiger partial charge in [-0.05, 0) is 11.4 Å². The van der Waals surface area contributed by atoms with Crippen molar-refractivity contribution >= 4 is 23.2 Å². The van der Waals surface area contributed by atoms with Crippen LogP contribution < -0.4 is 16.6 Å². The van der Waals surface area contributed by atoms with Crippen LogP contribution in [0.4, 0.5) is 0 Å². The maximum absolute atomic E-state index is 11.2. The molecule has 0 aliphatic heterocycles. The zero-order chi connectivity index (χ0) is 12.2. The lowest BCUT2D eigenvalue weighted by Crippen LogP contribution is -2.46. The summed E-state index contributed by atoms with van der Waals surface area (Å²) in [5.41, 5.74) is 1.59. The van der Waals surface area contributed by atoms with Crippen LogP contribution in [0.5, 0.6) is 0 Å². The van der Waals surface area contributed by atoms with E-state index < -0.39 is 11.8 Å². The van der Waals surface area contributed by atoms with E-state index in [4.69, 9.17) is 5.84 Å². The van der Waals surface area contributed by atoms with Gasteiger partial charge in [-0.3, -0.25) is 15.0 Å². The Morgan fingerprint density at radius 1 is 1.44 bits per heavy atom. The van der Waals surface area contributed by atoms with Crippen molar-refractivity contribution < 1.29 is 9.59 Å². The van der Waals surface area contributed by atoms with Gasteiger partial charge in [0.05, 0.1) is 0 Å². The molecule has 1 heterocycles. The summed E-state index contributed by atoms with van der Waals surface area (Å²) in [6, 6.07) is 3.95. The second kappa shape index (κ2) is 5.09. The highest BCUT2D eigenvalue weighted by molar-refractivity contribution is 7.10. The molecule has 6 heteroatoms. The van der Waals surface area contributed by atoms with Crippen molar-refractivity contribution in [1.29, 1.82) is 0 Å². The van der Waals surface area contributed by atoms with Gasteiger partial charge < -0.3 is 5.32 Å². The lowest BCUT2D eigenvalue weighted by Gasteiger charge is -2.23. The van der Waals surface area contributed by atoms with E-state index >= 15 is 0 Å². The Kier molecular flexibility index (Phi) is 4.03. The number of thiophene rings is 1. The summed E-state index contributed by atoms with van der Waals surface area (Å²) in [5, 5.41) is 4.52. The minimum atomic E-state index is -0.832. The van der Waals surface area contributed by atoms with Crippen molar-refractivity contribution in [1.82, 2.24) is 10.7 Å². The second-order valence-corrected chi connectivity index (χ2v) is 4.97. The van der Waals surface area contributed by atoms with Gasteiger partial charge in [0, 0.05) is 16.8 Å². The molecule has 0 radical (unpaired) electrons. The molecule has 5 nitrogen and oxygen atoms in total. The molecule has 1 aromatic rings. The van der Waals surface area contributed by atoms with Crippen molar-refractivity contribution in [3.8, 4) is 0 Å². The highest BCUT2D eigenvalue weighted by Crippen LogP contribution is 2.26. The average molecular weight is 241 g/mol. The number of nitrogens with one attached hydrogen (secondary N) is 2. The van der Waals surface area contributed by atoms with Crippen molar-refractivity contribution in [2.45, 2.75) is 19.3 Å². The predicted octanol–water partition coefficient (Wildman–Crippen LogP) is 0.132. The molecule has 88 valence electrons. The second-order valence-electron chi connectivity index (χ2n) is 4.02. The fourth-order valence-electron chi connectivity index (χ4n) is 1.20. The topological polar surface area (TPSA) is 84.2 Å². The molecule has 1 aromatic heterocycles. The van der Waals surface area contributed by atoms with Crippen molar-refractivity contribution in [3.05, 3.63) is 22.4 Å². The summed E-state index contributed by atoms with van der Waals surface area (Å²) >= 11 is 1.62. The van der Waals surface area contributed by atoms with Gasteiger partial charge in [-0.15, -0.1) is 11.3 Å². The number of hydrogen-bond donors (Lipinski definition) is 3. The number of carbonyl (C=O) groups excluding carboxylic acids is 2. The Morgan fingerprint density at radius 2 is 2.12 bits per heavy atom. The number of rotatable bonds is 3. The maximum Gasteiger partial charge on any atom is 0.323 e. The minimum Gasteiger partial charge on any atom is -0.347 e. The van der Waals surface area contributed by atoms with Crippen LogP contribution >= 0.6 is 11.3 Å². The zero-order valence-electron chi connectivity index (χ0n) is 9.24. The Hall–Kier alpha value is -1.40. The summed E-state index contributed by atoms with van der Waals surface area (Å²) < 4.78 is 0. The molecule has 0 unspecified atom stereocenters. The van der Waals surface area contributed by atoms with Crippen LogP contribution in [0.3, 0.4) is 0 Å². The molecule has 0 saturated heterocycles. The lowest BCUT2D eigenvalue weighted by molar-refractivity contribution is -0.139.